The molecule has 2 aromatic rings. The Morgan fingerprint density at radius 3 is 2.67 bits per heavy atom. The molecule has 0 radical (unpaired) electrons. The van der Waals surface area contributed by atoms with E-state index in [0.717, 1.165) is 12.1 Å². The number of non-ortho nitro benzene ring substituents is 1. The Morgan fingerprint density at radius 1 is 1.38 bits per heavy atom. The highest BCUT2D eigenvalue weighted by molar-refractivity contribution is 6.07. The molecule has 1 heterocycles. The smallest absolute Gasteiger partial charge is 0.326 e. The molecule has 0 saturated carbocycles. The van der Waals surface area contributed by atoms with E-state index in [4.69, 9.17) is 5.11 Å². The van der Waals surface area contributed by atoms with Gasteiger partial charge in [-0.05, 0) is 12.5 Å². The zero-order chi connectivity index (χ0) is 17.9. The summed E-state index contributed by atoms with van der Waals surface area (Å²) in [6.07, 6.45) is 0.765. The Labute approximate surface area is 135 Å². The number of H-pyrrole nitrogens is 1. The first-order valence-corrected chi connectivity index (χ1v) is 7.18. The summed E-state index contributed by atoms with van der Waals surface area (Å²) in [5.74, 6) is -1.96. The Bertz CT molecular complexity index is 873. The molecular weight excluding hydrogens is 318 g/mol. The minimum atomic E-state index is -1.19. The number of carboxylic acid groups (broad SMARTS) is 1. The van der Waals surface area contributed by atoms with Gasteiger partial charge in [0.05, 0.1) is 10.5 Å². The lowest BCUT2D eigenvalue weighted by Crippen LogP contribution is -2.41. The Balaban J connectivity index is 2.51. The second-order valence-electron chi connectivity index (χ2n) is 5.19. The molecule has 2 rings (SSSR count). The number of aromatic nitrogens is 1. The van der Waals surface area contributed by atoms with Crippen molar-refractivity contribution in [3.05, 3.63) is 50.3 Å². The fourth-order valence-corrected chi connectivity index (χ4v) is 2.33. The maximum atomic E-state index is 12.4. The van der Waals surface area contributed by atoms with E-state index in [-0.39, 0.29) is 28.6 Å². The molecule has 9 heteroatoms. The van der Waals surface area contributed by atoms with Gasteiger partial charge in [0.15, 0.2) is 0 Å². The van der Waals surface area contributed by atoms with Gasteiger partial charge in [-0.25, -0.2) is 4.79 Å². The summed E-state index contributed by atoms with van der Waals surface area (Å²) in [4.78, 5) is 48.0. The van der Waals surface area contributed by atoms with Crippen LogP contribution in [0.3, 0.4) is 0 Å². The van der Waals surface area contributed by atoms with Crippen molar-refractivity contribution in [2.45, 2.75) is 25.8 Å². The summed E-state index contributed by atoms with van der Waals surface area (Å²) < 4.78 is 0. The monoisotopic (exact) mass is 333 g/mol. The number of amides is 1. The Morgan fingerprint density at radius 2 is 2.08 bits per heavy atom. The SMILES string of the molecule is CCCC(NC(=O)c1cc(=O)[nH]c2ccc([N+](=O)[O-])cc12)C(=O)O. The second-order valence-corrected chi connectivity index (χ2v) is 5.19. The average Bonchev–Trinajstić information content (AvgIpc) is 2.52. The molecule has 1 aromatic carbocycles. The molecule has 126 valence electrons. The van der Waals surface area contributed by atoms with Crippen LogP contribution in [0, 0.1) is 10.1 Å². The second kappa shape index (κ2) is 6.90. The van der Waals surface area contributed by atoms with E-state index in [1.807, 2.05) is 0 Å². The van der Waals surface area contributed by atoms with E-state index >= 15 is 0 Å². The minimum Gasteiger partial charge on any atom is -0.480 e. The number of carbonyl (C=O) groups excluding carboxylic acids is 1. The molecule has 24 heavy (non-hydrogen) atoms. The molecule has 0 aliphatic heterocycles. The van der Waals surface area contributed by atoms with Crippen molar-refractivity contribution in [1.29, 1.82) is 0 Å². The van der Waals surface area contributed by atoms with Crippen LogP contribution >= 0.6 is 0 Å². The number of hydrogen-bond acceptors (Lipinski definition) is 5. The maximum absolute atomic E-state index is 12.4. The van der Waals surface area contributed by atoms with E-state index < -0.39 is 28.4 Å². The first kappa shape index (κ1) is 17.1. The molecule has 3 N–H and O–H groups in total. The topological polar surface area (TPSA) is 142 Å². The molecule has 1 amide bonds. The highest BCUT2D eigenvalue weighted by Gasteiger charge is 2.22. The fraction of sp³-hybridized carbons (Fsp3) is 0.267. The summed E-state index contributed by atoms with van der Waals surface area (Å²) in [5.41, 5.74) is -0.670. The number of hydrogen-bond donors (Lipinski definition) is 3. The fourth-order valence-electron chi connectivity index (χ4n) is 2.33. The van der Waals surface area contributed by atoms with Gasteiger partial charge >= 0.3 is 5.97 Å². The maximum Gasteiger partial charge on any atom is 0.326 e. The molecule has 0 saturated heterocycles. The van der Waals surface area contributed by atoms with Crippen LogP contribution in [0.25, 0.3) is 10.9 Å². The highest BCUT2D eigenvalue weighted by atomic mass is 16.6. The van der Waals surface area contributed by atoms with Gasteiger partial charge in [0.25, 0.3) is 11.6 Å². The molecule has 0 bridgehead atoms. The van der Waals surface area contributed by atoms with Crippen molar-refractivity contribution in [3.8, 4) is 0 Å². The normalized spacial score (nSPS) is 11.9. The molecule has 0 aliphatic carbocycles. The largest absolute Gasteiger partial charge is 0.480 e. The third-order valence-electron chi connectivity index (χ3n) is 3.46. The molecule has 1 unspecified atom stereocenters. The number of benzene rings is 1. The minimum absolute atomic E-state index is 0.111. The molecular formula is C15H15N3O6. The van der Waals surface area contributed by atoms with Crippen molar-refractivity contribution in [2.24, 2.45) is 0 Å². The van der Waals surface area contributed by atoms with Gasteiger partial charge in [-0.1, -0.05) is 13.3 Å². The van der Waals surface area contributed by atoms with Crippen LogP contribution in [0.5, 0.6) is 0 Å². The molecule has 1 aromatic heterocycles. The van der Waals surface area contributed by atoms with Crippen LogP contribution in [0.2, 0.25) is 0 Å². The zero-order valence-electron chi connectivity index (χ0n) is 12.7. The third-order valence-corrected chi connectivity index (χ3v) is 3.46. The van der Waals surface area contributed by atoms with Gasteiger partial charge in [-0.2, -0.15) is 0 Å². The summed E-state index contributed by atoms with van der Waals surface area (Å²) in [6.45, 7) is 1.77. The number of fused-ring (bicyclic) bond motifs is 1. The number of nitro groups is 1. The van der Waals surface area contributed by atoms with E-state index in [1.54, 1.807) is 6.92 Å². The number of rotatable bonds is 6. The summed E-state index contributed by atoms with van der Waals surface area (Å²) in [5, 5.41) is 22.5. The lowest BCUT2D eigenvalue weighted by molar-refractivity contribution is -0.384. The third kappa shape index (κ3) is 3.57. The van der Waals surface area contributed by atoms with Gasteiger partial charge in [0, 0.05) is 29.1 Å². The highest BCUT2D eigenvalue weighted by Crippen LogP contribution is 2.21. The van der Waals surface area contributed by atoms with Crippen molar-refractivity contribution < 1.29 is 19.6 Å². The van der Waals surface area contributed by atoms with Gasteiger partial charge in [-0.3, -0.25) is 19.7 Å². The summed E-state index contributed by atoms with van der Waals surface area (Å²) in [6, 6.07) is 3.58. The predicted octanol–water partition coefficient (Wildman–Crippen LogP) is 1.42. The van der Waals surface area contributed by atoms with Crippen molar-refractivity contribution in [1.82, 2.24) is 10.3 Å². The van der Waals surface area contributed by atoms with Gasteiger partial charge in [0.1, 0.15) is 6.04 Å². The van der Waals surface area contributed by atoms with Gasteiger partial charge < -0.3 is 15.4 Å². The zero-order valence-corrected chi connectivity index (χ0v) is 12.7. The Hall–Kier alpha value is -3.23. The summed E-state index contributed by atoms with van der Waals surface area (Å²) >= 11 is 0. The number of carboxylic acids is 1. The molecule has 0 spiro atoms. The van der Waals surface area contributed by atoms with Crippen LogP contribution in [-0.2, 0) is 4.79 Å². The van der Waals surface area contributed by atoms with E-state index in [2.05, 4.69) is 10.3 Å². The lowest BCUT2D eigenvalue weighted by Gasteiger charge is -2.14. The molecule has 0 aliphatic rings. The van der Waals surface area contributed by atoms with Gasteiger partial charge in [0.2, 0.25) is 5.56 Å². The predicted molar refractivity (Wildman–Crippen MR) is 85.0 cm³/mol. The number of nitrogens with zero attached hydrogens (tertiary/aromatic N) is 1. The first-order valence-electron chi connectivity index (χ1n) is 7.18. The first-order chi connectivity index (χ1) is 11.3. The van der Waals surface area contributed by atoms with Crippen LogP contribution in [0.15, 0.2) is 29.1 Å². The van der Waals surface area contributed by atoms with E-state index in [1.165, 1.54) is 12.1 Å². The number of pyridine rings is 1. The lowest BCUT2D eigenvalue weighted by atomic mass is 10.1. The van der Waals surface area contributed by atoms with Crippen LogP contribution in [0.1, 0.15) is 30.1 Å². The summed E-state index contributed by atoms with van der Waals surface area (Å²) in [7, 11) is 0. The van der Waals surface area contributed by atoms with Crippen molar-refractivity contribution in [2.75, 3.05) is 0 Å². The molecule has 1 atom stereocenters. The average molecular weight is 333 g/mol. The number of carbonyl (C=O) groups is 2. The van der Waals surface area contributed by atoms with E-state index in [0.29, 0.717) is 6.42 Å². The van der Waals surface area contributed by atoms with E-state index in [9.17, 15) is 24.5 Å². The molecule has 0 fully saturated rings. The standard InChI is InChI=1S/C15H15N3O6/c1-2-3-12(15(21)22)17-14(20)10-7-13(19)16-11-5-4-8(18(23)24)6-9(10)11/h4-7,12H,2-3H2,1H3,(H,16,19)(H,17,20)(H,21,22). The molecule has 9 nitrogen and oxygen atoms in total. The van der Waals surface area contributed by atoms with Crippen LogP contribution in [0.4, 0.5) is 5.69 Å². The number of aliphatic carboxylic acids is 1. The quantitative estimate of drug-likeness (QED) is 0.539. The van der Waals surface area contributed by atoms with Crippen LogP contribution in [-0.4, -0.2) is 32.9 Å². The Kier molecular flexibility index (Phi) is 4.93. The van der Waals surface area contributed by atoms with Crippen molar-refractivity contribution in [3.63, 3.8) is 0 Å². The van der Waals surface area contributed by atoms with Crippen LogP contribution < -0.4 is 10.9 Å². The number of aromatic amines is 1. The van der Waals surface area contributed by atoms with Gasteiger partial charge in [-0.15, -0.1) is 0 Å². The number of nitrogens with one attached hydrogen (secondary N) is 2. The van der Waals surface area contributed by atoms with Crippen molar-refractivity contribution >= 4 is 28.5 Å². The number of nitro benzene ring substituents is 1.